The Balaban J connectivity index is 2.41. The molecule has 6 heteroatoms. The molecule has 15 heavy (non-hydrogen) atoms. The highest BCUT2D eigenvalue weighted by atomic mass is 16.1. The number of rotatable bonds is 3. The molecule has 1 aromatic heterocycles. The van der Waals surface area contributed by atoms with Gasteiger partial charge in [0.25, 0.3) is 0 Å². The van der Waals surface area contributed by atoms with Crippen molar-refractivity contribution < 1.29 is 0 Å². The van der Waals surface area contributed by atoms with E-state index in [0.717, 1.165) is 16.7 Å². The maximum atomic E-state index is 11.0. The SMILES string of the molecule is CN(CNN)c1ccc2[nH]c(=O)[nH]c2c1. The zero-order valence-corrected chi connectivity index (χ0v) is 8.37. The molecule has 80 valence electrons. The Bertz CT molecular complexity index is 514. The van der Waals surface area contributed by atoms with Crippen molar-refractivity contribution in [3.63, 3.8) is 0 Å². The Morgan fingerprint density at radius 1 is 1.40 bits per heavy atom. The third-order valence-corrected chi connectivity index (χ3v) is 2.27. The predicted octanol–water partition coefficient (Wildman–Crippen LogP) is -0.287. The van der Waals surface area contributed by atoms with Crippen LogP contribution in [-0.2, 0) is 0 Å². The van der Waals surface area contributed by atoms with Crippen LogP contribution in [0.15, 0.2) is 23.0 Å². The lowest BCUT2D eigenvalue weighted by Gasteiger charge is -2.18. The zero-order chi connectivity index (χ0) is 10.8. The number of aromatic amines is 2. The first-order valence-corrected chi connectivity index (χ1v) is 4.57. The molecule has 0 aliphatic heterocycles. The van der Waals surface area contributed by atoms with Gasteiger partial charge in [-0.25, -0.2) is 10.2 Å². The summed E-state index contributed by atoms with van der Waals surface area (Å²) < 4.78 is 0. The monoisotopic (exact) mass is 207 g/mol. The van der Waals surface area contributed by atoms with Crippen LogP contribution in [0.1, 0.15) is 0 Å². The molecule has 0 atom stereocenters. The van der Waals surface area contributed by atoms with Gasteiger partial charge in [-0.3, -0.25) is 5.84 Å². The number of aromatic nitrogens is 2. The molecule has 0 fully saturated rings. The highest BCUT2D eigenvalue weighted by Gasteiger charge is 2.02. The summed E-state index contributed by atoms with van der Waals surface area (Å²) >= 11 is 0. The van der Waals surface area contributed by atoms with Crippen molar-refractivity contribution in [3.8, 4) is 0 Å². The first-order valence-electron chi connectivity index (χ1n) is 4.57. The number of anilines is 1. The number of benzene rings is 1. The molecule has 0 unspecified atom stereocenters. The number of hydrazine groups is 1. The maximum Gasteiger partial charge on any atom is 0.323 e. The quantitative estimate of drug-likeness (QED) is 0.316. The van der Waals surface area contributed by atoms with Crippen LogP contribution in [-0.4, -0.2) is 23.7 Å². The van der Waals surface area contributed by atoms with E-state index in [0.29, 0.717) is 6.67 Å². The number of nitrogens with one attached hydrogen (secondary N) is 3. The Kier molecular flexibility index (Phi) is 2.44. The molecule has 0 saturated carbocycles. The molecule has 0 saturated heterocycles. The molecule has 0 bridgehead atoms. The molecule has 6 nitrogen and oxygen atoms in total. The van der Waals surface area contributed by atoms with E-state index < -0.39 is 0 Å². The van der Waals surface area contributed by atoms with Crippen LogP contribution in [0.5, 0.6) is 0 Å². The third-order valence-electron chi connectivity index (χ3n) is 2.27. The smallest absolute Gasteiger partial charge is 0.323 e. The van der Waals surface area contributed by atoms with Gasteiger partial charge < -0.3 is 14.9 Å². The average Bonchev–Trinajstić information content (AvgIpc) is 2.57. The highest BCUT2D eigenvalue weighted by molar-refractivity contribution is 5.78. The number of fused-ring (bicyclic) bond motifs is 1. The van der Waals surface area contributed by atoms with Gasteiger partial charge in [-0.15, -0.1) is 0 Å². The van der Waals surface area contributed by atoms with E-state index in [2.05, 4.69) is 15.4 Å². The fraction of sp³-hybridized carbons (Fsp3) is 0.222. The summed E-state index contributed by atoms with van der Waals surface area (Å²) in [5, 5.41) is 0. The van der Waals surface area contributed by atoms with E-state index >= 15 is 0 Å². The molecule has 2 aromatic rings. The number of hydrogen-bond acceptors (Lipinski definition) is 4. The Morgan fingerprint density at radius 2 is 2.13 bits per heavy atom. The summed E-state index contributed by atoms with van der Waals surface area (Å²) in [5.74, 6) is 5.23. The summed E-state index contributed by atoms with van der Waals surface area (Å²) in [7, 11) is 1.91. The molecule has 0 spiro atoms. The number of imidazole rings is 1. The molecule has 0 aliphatic rings. The lowest BCUT2D eigenvalue weighted by atomic mass is 10.2. The average molecular weight is 207 g/mol. The van der Waals surface area contributed by atoms with Crippen molar-refractivity contribution in [2.24, 2.45) is 5.84 Å². The summed E-state index contributed by atoms with van der Waals surface area (Å²) in [6.07, 6.45) is 0. The van der Waals surface area contributed by atoms with Crippen LogP contribution in [0.2, 0.25) is 0 Å². The molecule has 0 radical (unpaired) electrons. The molecule has 0 aliphatic carbocycles. The minimum absolute atomic E-state index is 0.193. The summed E-state index contributed by atoms with van der Waals surface area (Å²) in [4.78, 5) is 18.4. The summed E-state index contributed by atoms with van der Waals surface area (Å²) in [6.45, 7) is 0.542. The third kappa shape index (κ3) is 1.85. The number of nitrogens with zero attached hydrogens (tertiary/aromatic N) is 1. The van der Waals surface area contributed by atoms with Crippen molar-refractivity contribution in [1.82, 2.24) is 15.4 Å². The minimum atomic E-state index is -0.193. The van der Waals surface area contributed by atoms with Crippen LogP contribution in [0.25, 0.3) is 11.0 Å². The normalized spacial score (nSPS) is 10.8. The van der Waals surface area contributed by atoms with Gasteiger partial charge in [-0.05, 0) is 18.2 Å². The van der Waals surface area contributed by atoms with Gasteiger partial charge in [0.05, 0.1) is 17.7 Å². The molecule has 5 N–H and O–H groups in total. The van der Waals surface area contributed by atoms with Gasteiger partial charge in [0.15, 0.2) is 0 Å². The zero-order valence-electron chi connectivity index (χ0n) is 8.37. The Hall–Kier alpha value is -1.79. The first-order chi connectivity index (χ1) is 7.20. The van der Waals surface area contributed by atoms with Gasteiger partial charge in [0.2, 0.25) is 0 Å². The second-order valence-corrected chi connectivity index (χ2v) is 3.37. The largest absolute Gasteiger partial charge is 0.361 e. The number of nitrogens with two attached hydrogens (primary N) is 1. The lowest BCUT2D eigenvalue weighted by Crippen LogP contribution is -2.35. The highest BCUT2D eigenvalue weighted by Crippen LogP contribution is 2.16. The summed E-state index contributed by atoms with van der Waals surface area (Å²) in [6, 6.07) is 5.67. The fourth-order valence-electron chi connectivity index (χ4n) is 1.49. The van der Waals surface area contributed by atoms with E-state index in [1.165, 1.54) is 0 Å². The molecule has 1 heterocycles. The Labute approximate surface area is 86.1 Å². The van der Waals surface area contributed by atoms with Gasteiger partial charge in [-0.1, -0.05) is 0 Å². The van der Waals surface area contributed by atoms with E-state index in [9.17, 15) is 4.79 Å². The van der Waals surface area contributed by atoms with Crippen molar-refractivity contribution in [2.45, 2.75) is 0 Å². The number of H-pyrrole nitrogens is 2. The van der Waals surface area contributed by atoms with Crippen LogP contribution < -0.4 is 21.9 Å². The van der Waals surface area contributed by atoms with Crippen molar-refractivity contribution in [3.05, 3.63) is 28.7 Å². The molecular weight excluding hydrogens is 194 g/mol. The van der Waals surface area contributed by atoms with Gasteiger partial charge >= 0.3 is 5.69 Å². The van der Waals surface area contributed by atoms with E-state index in [1.807, 2.05) is 30.1 Å². The van der Waals surface area contributed by atoms with Crippen LogP contribution in [0.3, 0.4) is 0 Å². The molecule has 2 rings (SSSR count). The van der Waals surface area contributed by atoms with Crippen LogP contribution in [0, 0.1) is 0 Å². The summed E-state index contributed by atoms with van der Waals surface area (Å²) in [5.41, 5.74) is 4.95. The molecule has 0 amide bonds. The van der Waals surface area contributed by atoms with Gasteiger partial charge in [-0.2, -0.15) is 0 Å². The minimum Gasteiger partial charge on any atom is -0.361 e. The van der Waals surface area contributed by atoms with E-state index in [4.69, 9.17) is 5.84 Å². The van der Waals surface area contributed by atoms with Gasteiger partial charge in [0.1, 0.15) is 0 Å². The first kappa shape index (κ1) is 9.75. The second-order valence-electron chi connectivity index (χ2n) is 3.37. The van der Waals surface area contributed by atoms with E-state index in [-0.39, 0.29) is 5.69 Å². The molecule has 1 aromatic carbocycles. The van der Waals surface area contributed by atoms with Crippen molar-refractivity contribution in [2.75, 3.05) is 18.6 Å². The second kappa shape index (κ2) is 3.76. The van der Waals surface area contributed by atoms with Crippen LogP contribution >= 0.6 is 0 Å². The topological polar surface area (TPSA) is 89.9 Å². The predicted molar refractivity (Wildman–Crippen MR) is 59.5 cm³/mol. The van der Waals surface area contributed by atoms with Crippen molar-refractivity contribution in [1.29, 1.82) is 0 Å². The Morgan fingerprint density at radius 3 is 2.87 bits per heavy atom. The lowest BCUT2D eigenvalue weighted by molar-refractivity contribution is 0.718. The van der Waals surface area contributed by atoms with E-state index in [1.54, 1.807) is 0 Å². The van der Waals surface area contributed by atoms with Crippen molar-refractivity contribution >= 4 is 16.7 Å². The molecular formula is C9H13N5O. The number of hydrogen-bond donors (Lipinski definition) is 4. The maximum absolute atomic E-state index is 11.0. The van der Waals surface area contributed by atoms with Crippen LogP contribution in [0.4, 0.5) is 5.69 Å². The van der Waals surface area contributed by atoms with Gasteiger partial charge in [0, 0.05) is 12.7 Å². The fourth-order valence-corrected chi connectivity index (χ4v) is 1.49. The standard InChI is InChI=1S/C9H13N5O/c1-14(5-11-10)6-2-3-7-8(4-6)13-9(15)12-7/h2-4,11H,5,10H2,1H3,(H2,12,13,15).